The minimum absolute atomic E-state index is 0.00819. The first kappa shape index (κ1) is 15.9. The molecule has 1 unspecified atom stereocenters. The molecule has 0 aliphatic carbocycles. The summed E-state index contributed by atoms with van der Waals surface area (Å²) in [4.78, 5) is 29.4. The molecular weight excluding hydrogens is 363 g/mol. The fourth-order valence-corrected chi connectivity index (χ4v) is 4.26. The average Bonchev–Trinajstić information content (AvgIpc) is 2.97. The number of pyridine rings is 1. The van der Waals surface area contributed by atoms with Crippen LogP contribution in [0.4, 0.5) is 9.39 Å². The maximum absolute atomic E-state index is 15.7. The first-order chi connectivity index (χ1) is 12.0. The molecule has 3 aromatic rings. The van der Waals surface area contributed by atoms with Gasteiger partial charge in [-0.25, -0.2) is 4.39 Å². The quantitative estimate of drug-likeness (QED) is 0.675. The molecule has 1 atom stereocenters. The Morgan fingerprint density at radius 1 is 1.04 bits per heavy atom. The van der Waals surface area contributed by atoms with E-state index in [0.29, 0.717) is 15.5 Å². The molecule has 4 nitrogen and oxygen atoms in total. The molecule has 1 amide bonds. The van der Waals surface area contributed by atoms with E-state index in [1.54, 1.807) is 42.7 Å². The van der Waals surface area contributed by atoms with Crippen molar-refractivity contribution in [2.24, 2.45) is 0 Å². The highest BCUT2D eigenvalue weighted by Crippen LogP contribution is 2.49. The van der Waals surface area contributed by atoms with Crippen LogP contribution < -0.4 is 5.32 Å². The van der Waals surface area contributed by atoms with E-state index in [0.717, 1.165) is 11.3 Å². The van der Waals surface area contributed by atoms with Crippen LogP contribution >= 0.6 is 22.9 Å². The molecule has 4 rings (SSSR count). The van der Waals surface area contributed by atoms with Gasteiger partial charge in [0.25, 0.3) is 11.6 Å². The van der Waals surface area contributed by atoms with Crippen molar-refractivity contribution in [2.75, 3.05) is 5.32 Å². The van der Waals surface area contributed by atoms with Gasteiger partial charge < -0.3 is 5.32 Å². The zero-order chi connectivity index (χ0) is 17.6. The summed E-state index contributed by atoms with van der Waals surface area (Å²) in [5.74, 6) is -1.91. The van der Waals surface area contributed by atoms with E-state index < -0.39 is 17.4 Å². The van der Waals surface area contributed by atoms with Gasteiger partial charge in [0.15, 0.2) is 0 Å². The number of amides is 1. The number of aromatic nitrogens is 1. The molecule has 0 bridgehead atoms. The van der Waals surface area contributed by atoms with Gasteiger partial charge in [-0.1, -0.05) is 41.9 Å². The number of nitrogens with zero attached hydrogens (tertiary/aromatic N) is 1. The standard InChI is InChI=1S/C18H10ClFN2O2S/c19-15-12(10-6-8-21-9-7-10)13-14(23)18(20,11-4-2-1-3-5-11)17(24)22-16(13)25-15/h1-9H,(H,22,24). The molecule has 1 aliphatic rings. The Hall–Kier alpha value is -2.57. The Kier molecular flexibility index (Phi) is 3.67. The summed E-state index contributed by atoms with van der Waals surface area (Å²) in [6.07, 6.45) is 3.11. The summed E-state index contributed by atoms with van der Waals surface area (Å²) in [5.41, 5.74) is -1.66. The van der Waals surface area contributed by atoms with Gasteiger partial charge in [-0.2, -0.15) is 0 Å². The number of hydrogen-bond donors (Lipinski definition) is 1. The minimum atomic E-state index is -2.79. The Morgan fingerprint density at radius 2 is 1.72 bits per heavy atom. The molecule has 25 heavy (non-hydrogen) atoms. The second kappa shape index (κ2) is 5.75. The fourth-order valence-electron chi connectivity index (χ4n) is 2.88. The molecule has 124 valence electrons. The van der Waals surface area contributed by atoms with Gasteiger partial charge >= 0.3 is 0 Å². The summed E-state index contributed by atoms with van der Waals surface area (Å²) in [7, 11) is 0. The number of fused-ring (bicyclic) bond motifs is 1. The molecule has 0 spiro atoms. The number of carbonyl (C=O) groups is 2. The average molecular weight is 373 g/mol. The number of halogens is 2. The van der Waals surface area contributed by atoms with Crippen LogP contribution in [0.5, 0.6) is 0 Å². The Balaban J connectivity index is 1.95. The number of nitrogens with one attached hydrogen (secondary N) is 1. The molecule has 2 aromatic heterocycles. The number of benzene rings is 1. The number of hydrogen-bond acceptors (Lipinski definition) is 4. The van der Waals surface area contributed by atoms with Crippen molar-refractivity contribution < 1.29 is 14.0 Å². The van der Waals surface area contributed by atoms with E-state index in [9.17, 15) is 9.59 Å². The Morgan fingerprint density at radius 3 is 2.40 bits per heavy atom. The van der Waals surface area contributed by atoms with E-state index in [4.69, 9.17) is 11.6 Å². The second-order valence-electron chi connectivity index (χ2n) is 5.50. The number of thiophene rings is 1. The van der Waals surface area contributed by atoms with Crippen LogP contribution in [0.3, 0.4) is 0 Å². The summed E-state index contributed by atoms with van der Waals surface area (Å²) >= 11 is 7.33. The highest BCUT2D eigenvalue weighted by Gasteiger charge is 2.54. The first-order valence-electron chi connectivity index (χ1n) is 7.37. The molecule has 0 fully saturated rings. The summed E-state index contributed by atoms with van der Waals surface area (Å²) in [5, 5.41) is 2.75. The number of rotatable bonds is 2. The smallest absolute Gasteiger partial charge is 0.275 e. The van der Waals surface area contributed by atoms with E-state index in [-0.39, 0.29) is 16.1 Å². The van der Waals surface area contributed by atoms with Gasteiger partial charge in [0, 0.05) is 23.5 Å². The highest BCUT2D eigenvalue weighted by atomic mass is 35.5. The van der Waals surface area contributed by atoms with Crippen molar-refractivity contribution >= 4 is 39.6 Å². The maximum atomic E-state index is 15.7. The summed E-state index contributed by atoms with van der Waals surface area (Å²) < 4.78 is 16.0. The molecule has 0 saturated carbocycles. The third-order valence-electron chi connectivity index (χ3n) is 4.09. The van der Waals surface area contributed by atoms with Crippen LogP contribution in [0.25, 0.3) is 11.1 Å². The van der Waals surface area contributed by atoms with Crippen LogP contribution in [0.1, 0.15) is 15.9 Å². The van der Waals surface area contributed by atoms with Gasteiger partial charge in [0.1, 0.15) is 9.34 Å². The highest BCUT2D eigenvalue weighted by molar-refractivity contribution is 7.21. The van der Waals surface area contributed by atoms with Crippen LogP contribution in [-0.2, 0) is 10.5 Å². The number of Topliss-reactive ketones (excluding diaryl/α,β-unsaturated/α-hetero) is 1. The van der Waals surface area contributed by atoms with Gasteiger partial charge in [0.2, 0.25) is 5.78 Å². The fraction of sp³-hybridized carbons (Fsp3) is 0.0556. The lowest BCUT2D eigenvalue weighted by Gasteiger charge is -2.28. The summed E-state index contributed by atoms with van der Waals surface area (Å²) in [6, 6.07) is 11.0. The lowest BCUT2D eigenvalue weighted by molar-refractivity contribution is -0.125. The molecule has 1 N–H and O–H groups in total. The van der Waals surface area contributed by atoms with Crippen molar-refractivity contribution in [3.05, 3.63) is 70.3 Å². The van der Waals surface area contributed by atoms with Crippen molar-refractivity contribution in [1.29, 1.82) is 0 Å². The van der Waals surface area contributed by atoms with Crippen molar-refractivity contribution in [3.63, 3.8) is 0 Å². The van der Waals surface area contributed by atoms with E-state index >= 15 is 4.39 Å². The lowest BCUT2D eigenvalue weighted by atomic mass is 9.83. The minimum Gasteiger partial charge on any atom is -0.313 e. The number of anilines is 1. The van der Waals surface area contributed by atoms with Crippen molar-refractivity contribution in [3.8, 4) is 11.1 Å². The first-order valence-corrected chi connectivity index (χ1v) is 8.56. The SMILES string of the molecule is O=C1Nc2sc(Cl)c(-c3ccncc3)c2C(=O)C1(F)c1ccccc1. The summed E-state index contributed by atoms with van der Waals surface area (Å²) in [6.45, 7) is 0. The third kappa shape index (κ3) is 2.29. The molecule has 0 radical (unpaired) electrons. The maximum Gasteiger partial charge on any atom is 0.275 e. The molecular formula is C18H10ClFN2O2S. The number of carbonyl (C=O) groups excluding carboxylic acids is 2. The van der Waals surface area contributed by atoms with Crippen LogP contribution in [-0.4, -0.2) is 16.7 Å². The Labute approximate surface area is 151 Å². The van der Waals surface area contributed by atoms with Crippen molar-refractivity contribution in [1.82, 2.24) is 4.98 Å². The second-order valence-corrected chi connectivity index (χ2v) is 7.12. The monoisotopic (exact) mass is 372 g/mol. The number of alkyl halides is 1. The van der Waals surface area contributed by atoms with Gasteiger partial charge in [-0.15, -0.1) is 11.3 Å². The predicted octanol–water partition coefficient (Wildman–Crippen LogP) is 4.46. The topological polar surface area (TPSA) is 59.1 Å². The zero-order valence-corrected chi connectivity index (χ0v) is 14.2. The van der Waals surface area contributed by atoms with Crippen LogP contribution in [0, 0.1) is 0 Å². The van der Waals surface area contributed by atoms with Crippen LogP contribution in [0.15, 0.2) is 54.9 Å². The molecule has 1 aromatic carbocycles. The molecule has 1 aliphatic heterocycles. The van der Waals surface area contributed by atoms with Gasteiger partial charge in [-0.3, -0.25) is 14.6 Å². The van der Waals surface area contributed by atoms with E-state index in [1.165, 1.54) is 12.1 Å². The molecule has 7 heteroatoms. The number of ketones is 1. The van der Waals surface area contributed by atoms with E-state index in [2.05, 4.69) is 10.3 Å². The van der Waals surface area contributed by atoms with Gasteiger partial charge in [0.05, 0.1) is 5.56 Å². The largest absolute Gasteiger partial charge is 0.313 e. The third-order valence-corrected chi connectivity index (χ3v) is 5.40. The normalized spacial score (nSPS) is 19.4. The van der Waals surface area contributed by atoms with E-state index in [1.807, 2.05) is 0 Å². The lowest BCUT2D eigenvalue weighted by Crippen LogP contribution is -2.47. The van der Waals surface area contributed by atoms with Gasteiger partial charge in [-0.05, 0) is 17.7 Å². The van der Waals surface area contributed by atoms with Crippen LogP contribution in [0.2, 0.25) is 4.34 Å². The molecule has 3 heterocycles. The Bertz CT molecular complexity index is 991. The molecule has 0 saturated heterocycles. The predicted molar refractivity (Wildman–Crippen MR) is 94.7 cm³/mol. The van der Waals surface area contributed by atoms with Crippen molar-refractivity contribution in [2.45, 2.75) is 5.67 Å². The zero-order valence-electron chi connectivity index (χ0n) is 12.6.